The van der Waals surface area contributed by atoms with Crippen molar-refractivity contribution in [2.24, 2.45) is 0 Å². The highest BCUT2D eigenvalue weighted by Gasteiger charge is 2.35. The van der Waals surface area contributed by atoms with Gasteiger partial charge >= 0.3 is 0 Å². The van der Waals surface area contributed by atoms with Crippen molar-refractivity contribution in [1.29, 1.82) is 0 Å². The molecule has 1 aliphatic rings. The van der Waals surface area contributed by atoms with Gasteiger partial charge in [0, 0.05) is 38.1 Å². The molecule has 2 aromatic carbocycles. The molecule has 2 aromatic rings. The Labute approximate surface area is 209 Å². The van der Waals surface area contributed by atoms with E-state index in [-0.39, 0.29) is 18.0 Å². The van der Waals surface area contributed by atoms with E-state index >= 15 is 0 Å². The third kappa shape index (κ3) is 8.50. The van der Waals surface area contributed by atoms with Crippen LogP contribution in [-0.4, -0.2) is 71.7 Å². The van der Waals surface area contributed by atoms with Gasteiger partial charge in [0.1, 0.15) is 11.6 Å². The second kappa shape index (κ2) is 12.7. The van der Waals surface area contributed by atoms with Gasteiger partial charge in [-0.15, -0.1) is 0 Å². The van der Waals surface area contributed by atoms with E-state index in [0.717, 1.165) is 38.0 Å². The molecule has 1 N–H and O–H groups in total. The molecule has 192 valence electrons. The number of rotatable bonds is 12. The van der Waals surface area contributed by atoms with Crippen LogP contribution in [0.2, 0.25) is 0 Å². The third-order valence-electron chi connectivity index (χ3n) is 7.00. The van der Waals surface area contributed by atoms with Crippen LogP contribution in [0, 0.1) is 19.7 Å². The Bertz CT molecular complexity index is 941. The lowest BCUT2D eigenvalue weighted by atomic mass is 9.96. The summed E-state index contributed by atoms with van der Waals surface area (Å²) in [5, 5.41) is 10.5. The van der Waals surface area contributed by atoms with Gasteiger partial charge in [0.2, 0.25) is 0 Å². The molecule has 1 saturated heterocycles. The van der Waals surface area contributed by atoms with Crippen molar-refractivity contribution in [3.8, 4) is 0 Å². The highest BCUT2D eigenvalue weighted by atomic mass is 19.1. The first kappa shape index (κ1) is 27.5. The van der Waals surface area contributed by atoms with Crippen LogP contribution in [0.5, 0.6) is 0 Å². The molecule has 5 nitrogen and oxygen atoms in total. The van der Waals surface area contributed by atoms with Gasteiger partial charge in [-0.3, -0.25) is 14.6 Å². The second-order valence-electron chi connectivity index (χ2n) is 10.5. The van der Waals surface area contributed by atoms with E-state index in [4.69, 9.17) is 4.74 Å². The number of aryl methyl sites for hydroxylation is 2. The minimum Gasteiger partial charge on any atom is -0.389 e. The Morgan fingerprint density at radius 2 is 1.80 bits per heavy atom. The van der Waals surface area contributed by atoms with Crippen LogP contribution < -0.4 is 0 Å². The summed E-state index contributed by atoms with van der Waals surface area (Å²) in [6.45, 7) is 12.6. The van der Waals surface area contributed by atoms with Gasteiger partial charge in [-0.2, -0.15) is 0 Å². The summed E-state index contributed by atoms with van der Waals surface area (Å²) in [5.41, 5.74) is 4.72. The molecule has 1 atom stereocenters. The summed E-state index contributed by atoms with van der Waals surface area (Å²) in [7, 11) is 0. The second-order valence-corrected chi connectivity index (χ2v) is 10.5. The Hall–Kier alpha value is -2.12. The summed E-state index contributed by atoms with van der Waals surface area (Å²) >= 11 is 0. The first-order chi connectivity index (χ1) is 16.6. The predicted octanol–water partition coefficient (Wildman–Crippen LogP) is 4.31. The number of hydrogen-bond donors (Lipinski definition) is 1. The molecule has 35 heavy (non-hydrogen) atoms. The van der Waals surface area contributed by atoms with Gasteiger partial charge in [-0.25, -0.2) is 4.39 Å². The van der Waals surface area contributed by atoms with E-state index in [1.807, 2.05) is 0 Å². The topological polar surface area (TPSA) is 53.0 Å². The molecule has 0 aliphatic carbocycles. The summed E-state index contributed by atoms with van der Waals surface area (Å²) in [6, 6.07) is 12.6. The molecular weight excluding hydrogens is 443 g/mol. The number of benzene rings is 2. The highest BCUT2D eigenvalue weighted by molar-refractivity contribution is 5.80. The van der Waals surface area contributed by atoms with E-state index in [0.29, 0.717) is 31.9 Å². The van der Waals surface area contributed by atoms with Gasteiger partial charge in [-0.1, -0.05) is 30.3 Å². The van der Waals surface area contributed by atoms with E-state index in [1.165, 1.54) is 28.8 Å². The maximum absolute atomic E-state index is 13.0. The Kier molecular flexibility index (Phi) is 9.99. The molecule has 1 heterocycles. The fourth-order valence-electron chi connectivity index (χ4n) is 5.00. The monoisotopic (exact) mass is 484 g/mol. The van der Waals surface area contributed by atoms with Gasteiger partial charge < -0.3 is 9.84 Å². The molecular formula is C29H41FN2O3. The molecule has 0 radical (unpaired) electrons. The molecule has 0 amide bonds. The van der Waals surface area contributed by atoms with Crippen molar-refractivity contribution in [2.45, 2.75) is 65.2 Å². The number of carbonyl (C=O) groups is 1. The molecule has 0 aromatic heterocycles. The number of ketones is 1. The molecule has 0 spiro atoms. The highest BCUT2D eigenvalue weighted by Crippen LogP contribution is 2.22. The van der Waals surface area contributed by atoms with E-state index < -0.39 is 6.10 Å². The number of hydrogen-bond acceptors (Lipinski definition) is 5. The van der Waals surface area contributed by atoms with Crippen LogP contribution in [0.3, 0.4) is 0 Å². The Morgan fingerprint density at radius 1 is 1.11 bits per heavy atom. The first-order valence-corrected chi connectivity index (χ1v) is 12.7. The largest absolute Gasteiger partial charge is 0.389 e. The number of aliphatic hydroxyl groups excluding tert-OH is 1. The quantitative estimate of drug-likeness (QED) is 0.487. The van der Waals surface area contributed by atoms with Gasteiger partial charge in [0.15, 0.2) is 0 Å². The van der Waals surface area contributed by atoms with E-state index in [2.05, 4.69) is 55.7 Å². The summed E-state index contributed by atoms with van der Waals surface area (Å²) in [5.74, 6) is 0.0314. The molecule has 1 unspecified atom stereocenters. The number of β-amino-alcohol motifs (C(OH)–C–C–N with tert-alkyl or cyclic N) is 1. The lowest BCUT2D eigenvalue weighted by Gasteiger charge is -2.47. The zero-order chi connectivity index (χ0) is 25.4. The standard InChI is InChI=1S/C29H41FN2O3/c1-22-7-5-8-23(2)28(22)10-6-9-26(33)17-31-15-16-32(29(3,4)21-31)18-27(34)20-35-19-24-11-13-25(30)14-12-24/h5,7-8,11-14,27,34H,6,9-10,15-21H2,1-4H3. The number of halogens is 1. The number of Topliss-reactive ketones (excluding diaryl/α,β-unsaturated/α-hetero) is 1. The molecule has 1 aliphatic heterocycles. The summed E-state index contributed by atoms with van der Waals surface area (Å²) in [6.07, 6.45) is 1.84. The molecule has 6 heteroatoms. The van der Waals surface area contributed by atoms with Crippen LogP contribution in [0.4, 0.5) is 4.39 Å². The van der Waals surface area contributed by atoms with Crippen LogP contribution in [-0.2, 0) is 22.6 Å². The number of aliphatic hydroxyl groups is 1. The predicted molar refractivity (Wildman–Crippen MR) is 138 cm³/mol. The van der Waals surface area contributed by atoms with Crippen molar-refractivity contribution < 1.29 is 19.0 Å². The lowest BCUT2D eigenvalue weighted by molar-refractivity contribution is -0.121. The smallest absolute Gasteiger partial charge is 0.146 e. The fraction of sp³-hybridized carbons (Fsp3) is 0.552. The van der Waals surface area contributed by atoms with Crippen molar-refractivity contribution in [3.05, 3.63) is 70.5 Å². The maximum Gasteiger partial charge on any atom is 0.146 e. The SMILES string of the molecule is Cc1cccc(C)c1CCCC(=O)CN1CCN(CC(O)COCc2ccc(F)cc2)C(C)(C)C1. The Morgan fingerprint density at radius 3 is 2.46 bits per heavy atom. The zero-order valence-corrected chi connectivity index (χ0v) is 21.7. The average Bonchev–Trinajstić information content (AvgIpc) is 2.79. The van der Waals surface area contributed by atoms with Crippen molar-refractivity contribution in [2.75, 3.05) is 39.3 Å². The van der Waals surface area contributed by atoms with Crippen molar-refractivity contribution >= 4 is 5.78 Å². The van der Waals surface area contributed by atoms with E-state index in [9.17, 15) is 14.3 Å². The molecule has 3 rings (SSSR count). The lowest BCUT2D eigenvalue weighted by Crippen LogP contribution is -2.61. The van der Waals surface area contributed by atoms with Gasteiger partial charge in [0.25, 0.3) is 0 Å². The average molecular weight is 485 g/mol. The van der Waals surface area contributed by atoms with Crippen LogP contribution in [0.15, 0.2) is 42.5 Å². The molecule has 0 saturated carbocycles. The van der Waals surface area contributed by atoms with Crippen molar-refractivity contribution in [3.63, 3.8) is 0 Å². The number of piperazine rings is 1. The van der Waals surface area contributed by atoms with Crippen molar-refractivity contribution in [1.82, 2.24) is 9.80 Å². The third-order valence-corrected chi connectivity index (χ3v) is 7.00. The fourth-order valence-corrected chi connectivity index (χ4v) is 5.00. The van der Waals surface area contributed by atoms with Crippen LogP contribution in [0.1, 0.15) is 48.9 Å². The molecule has 1 fully saturated rings. The number of carbonyl (C=O) groups excluding carboxylic acids is 1. The maximum atomic E-state index is 13.0. The minimum absolute atomic E-state index is 0.144. The first-order valence-electron chi connectivity index (χ1n) is 12.7. The minimum atomic E-state index is -0.604. The molecule has 0 bridgehead atoms. The van der Waals surface area contributed by atoms with E-state index in [1.54, 1.807) is 12.1 Å². The van der Waals surface area contributed by atoms with Crippen LogP contribution in [0.25, 0.3) is 0 Å². The van der Waals surface area contributed by atoms with Gasteiger partial charge in [0.05, 0.1) is 25.9 Å². The zero-order valence-electron chi connectivity index (χ0n) is 21.7. The number of nitrogens with zero attached hydrogens (tertiary/aromatic N) is 2. The number of ether oxygens (including phenoxy) is 1. The summed E-state index contributed by atoms with van der Waals surface area (Å²) < 4.78 is 18.6. The van der Waals surface area contributed by atoms with Crippen LogP contribution >= 0.6 is 0 Å². The van der Waals surface area contributed by atoms with Gasteiger partial charge in [-0.05, 0) is 74.9 Å². The Balaban J connectivity index is 1.37. The summed E-state index contributed by atoms with van der Waals surface area (Å²) in [4.78, 5) is 17.2. The normalized spacial score (nSPS) is 17.4.